The molecular weight excluding hydrogens is 210 g/mol. The predicted molar refractivity (Wildman–Crippen MR) is 59.2 cm³/mol. The number of carbonyl (C=O) groups is 1. The molecule has 6 nitrogen and oxygen atoms in total. The molecule has 0 aromatic carbocycles. The minimum atomic E-state index is -1.01. The second kappa shape index (κ2) is 5.16. The van der Waals surface area contributed by atoms with Gasteiger partial charge in [0.25, 0.3) is 0 Å². The van der Waals surface area contributed by atoms with E-state index in [0.717, 1.165) is 19.4 Å². The molecule has 0 bridgehead atoms. The lowest BCUT2D eigenvalue weighted by molar-refractivity contribution is -0.126. The van der Waals surface area contributed by atoms with Crippen molar-refractivity contribution >= 4 is 11.7 Å². The van der Waals surface area contributed by atoms with Crippen LogP contribution in [0.3, 0.4) is 0 Å². The molecule has 4 N–H and O–H groups in total. The third-order valence-electron chi connectivity index (χ3n) is 2.83. The maximum atomic E-state index is 11.8. The Kier molecular flexibility index (Phi) is 4.12. The summed E-state index contributed by atoms with van der Waals surface area (Å²) in [7, 11) is 0. The van der Waals surface area contributed by atoms with E-state index in [4.69, 9.17) is 15.7 Å². The normalized spacial score (nSPS) is 22.1. The zero-order valence-electron chi connectivity index (χ0n) is 9.69. The van der Waals surface area contributed by atoms with Crippen LogP contribution < -0.4 is 11.1 Å². The van der Waals surface area contributed by atoms with Gasteiger partial charge in [0.15, 0.2) is 5.84 Å². The molecule has 0 saturated carbocycles. The van der Waals surface area contributed by atoms with Crippen molar-refractivity contribution in [3.8, 4) is 0 Å². The van der Waals surface area contributed by atoms with Crippen LogP contribution in [0.4, 0.5) is 0 Å². The van der Waals surface area contributed by atoms with E-state index >= 15 is 0 Å². The highest BCUT2D eigenvalue weighted by Crippen LogP contribution is 2.16. The first-order valence-corrected chi connectivity index (χ1v) is 5.36. The summed E-state index contributed by atoms with van der Waals surface area (Å²) in [6, 6.07) is 0. The predicted octanol–water partition coefficient (Wildman–Crippen LogP) is 0.0542. The van der Waals surface area contributed by atoms with Crippen LogP contribution in [-0.4, -0.2) is 36.2 Å². The highest BCUT2D eigenvalue weighted by molar-refractivity contribution is 6.05. The van der Waals surface area contributed by atoms with E-state index in [1.807, 2.05) is 0 Å². The van der Waals surface area contributed by atoms with E-state index in [9.17, 15) is 4.79 Å². The molecule has 1 saturated heterocycles. The molecule has 0 aromatic rings. The number of nitrogens with one attached hydrogen (secondary N) is 1. The molecule has 92 valence electrons. The summed E-state index contributed by atoms with van der Waals surface area (Å²) >= 11 is 0. The van der Waals surface area contributed by atoms with Crippen LogP contribution in [0.15, 0.2) is 5.16 Å². The van der Waals surface area contributed by atoms with Crippen LogP contribution in [0.25, 0.3) is 0 Å². The Hall–Kier alpha value is -1.30. The van der Waals surface area contributed by atoms with Gasteiger partial charge in [-0.05, 0) is 26.7 Å². The van der Waals surface area contributed by atoms with Crippen LogP contribution in [0.1, 0.15) is 26.7 Å². The zero-order chi connectivity index (χ0) is 12.2. The molecular formula is C10H19N3O3. The molecule has 0 radical (unpaired) electrons. The number of nitrogens with zero attached hydrogens (tertiary/aromatic N) is 1. The molecule has 1 rings (SSSR count). The quantitative estimate of drug-likeness (QED) is 0.275. The molecule has 1 amide bonds. The van der Waals surface area contributed by atoms with Crippen molar-refractivity contribution in [3.63, 3.8) is 0 Å². The summed E-state index contributed by atoms with van der Waals surface area (Å²) in [5.74, 6) is -0.365. The molecule has 6 heteroatoms. The molecule has 1 aliphatic heterocycles. The van der Waals surface area contributed by atoms with Crippen molar-refractivity contribution in [2.24, 2.45) is 16.3 Å². The summed E-state index contributed by atoms with van der Waals surface area (Å²) in [5.41, 5.74) is 4.44. The maximum Gasteiger partial charge on any atom is 0.233 e. The third-order valence-corrected chi connectivity index (χ3v) is 2.83. The smallest absolute Gasteiger partial charge is 0.233 e. The Labute approximate surface area is 94.8 Å². The Morgan fingerprint density at radius 1 is 1.69 bits per heavy atom. The number of oxime groups is 1. The largest absolute Gasteiger partial charge is 0.409 e. The minimum Gasteiger partial charge on any atom is -0.409 e. The van der Waals surface area contributed by atoms with Gasteiger partial charge < -0.3 is 21.0 Å². The fourth-order valence-electron chi connectivity index (χ4n) is 1.47. The van der Waals surface area contributed by atoms with Gasteiger partial charge in [-0.15, -0.1) is 0 Å². The van der Waals surface area contributed by atoms with Gasteiger partial charge in [-0.3, -0.25) is 4.79 Å². The van der Waals surface area contributed by atoms with Gasteiger partial charge in [-0.25, -0.2) is 0 Å². The molecule has 1 atom stereocenters. The number of amidine groups is 1. The van der Waals surface area contributed by atoms with Gasteiger partial charge in [0.05, 0.1) is 6.10 Å². The molecule has 16 heavy (non-hydrogen) atoms. The van der Waals surface area contributed by atoms with Crippen molar-refractivity contribution < 1.29 is 14.7 Å². The number of hydrogen-bond donors (Lipinski definition) is 3. The summed E-state index contributed by atoms with van der Waals surface area (Å²) in [5, 5.41) is 14.2. The van der Waals surface area contributed by atoms with E-state index in [1.54, 1.807) is 13.8 Å². The molecule has 0 spiro atoms. The second-order valence-corrected chi connectivity index (χ2v) is 4.46. The Morgan fingerprint density at radius 3 is 2.88 bits per heavy atom. The van der Waals surface area contributed by atoms with Gasteiger partial charge in [0, 0.05) is 13.2 Å². The number of rotatable bonds is 4. The van der Waals surface area contributed by atoms with Gasteiger partial charge >= 0.3 is 0 Å². The number of nitrogens with two attached hydrogens (primary N) is 1. The van der Waals surface area contributed by atoms with Crippen molar-refractivity contribution in [2.45, 2.75) is 32.8 Å². The highest BCUT2D eigenvalue weighted by atomic mass is 16.5. The fraction of sp³-hybridized carbons (Fsp3) is 0.800. The lowest BCUT2D eigenvalue weighted by Gasteiger charge is -2.22. The average Bonchev–Trinajstić information content (AvgIpc) is 2.77. The standard InChI is InChI=1S/C10H19N3O3/c1-10(2,8(11)13-15)9(14)12-6-7-4-3-5-16-7/h7,15H,3-6H2,1-2H3,(H2,11,13)(H,12,14). The Balaban J connectivity index is 2.44. The Bertz CT molecular complexity index is 283. The number of ether oxygens (including phenoxy) is 1. The third kappa shape index (κ3) is 2.85. The van der Waals surface area contributed by atoms with Crippen LogP contribution >= 0.6 is 0 Å². The monoisotopic (exact) mass is 229 g/mol. The maximum absolute atomic E-state index is 11.8. The van der Waals surface area contributed by atoms with Crippen molar-refractivity contribution in [2.75, 3.05) is 13.2 Å². The number of carbonyl (C=O) groups excluding carboxylic acids is 1. The molecule has 1 unspecified atom stereocenters. The number of hydrogen-bond acceptors (Lipinski definition) is 4. The Morgan fingerprint density at radius 2 is 2.38 bits per heavy atom. The first-order chi connectivity index (χ1) is 7.48. The molecule has 0 aliphatic carbocycles. The van der Waals surface area contributed by atoms with Gasteiger partial charge in [0.2, 0.25) is 5.91 Å². The molecule has 0 aromatic heterocycles. The van der Waals surface area contributed by atoms with Crippen molar-refractivity contribution in [1.29, 1.82) is 0 Å². The van der Waals surface area contributed by atoms with Crippen molar-refractivity contribution in [1.82, 2.24) is 5.32 Å². The summed E-state index contributed by atoms with van der Waals surface area (Å²) < 4.78 is 5.38. The van der Waals surface area contributed by atoms with E-state index < -0.39 is 5.41 Å². The second-order valence-electron chi connectivity index (χ2n) is 4.46. The van der Waals surface area contributed by atoms with E-state index in [1.165, 1.54) is 0 Å². The molecule has 1 fully saturated rings. The lowest BCUT2D eigenvalue weighted by atomic mass is 9.91. The highest BCUT2D eigenvalue weighted by Gasteiger charge is 2.33. The van der Waals surface area contributed by atoms with E-state index in [2.05, 4.69) is 10.5 Å². The fourth-order valence-corrected chi connectivity index (χ4v) is 1.47. The summed E-state index contributed by atoms with van der Waals surface area (Å²) in [6.07, 6.45) is 2.08. The summed E-state index contributed by atoms with van der Waals surface area (Å²) in [6.45, 7) is 4.44. The van der Waals surface area contributed by atoms with E-state index in [0.29, 0.717) is 6.54 Å². The average molecular weight is 229 g/mol. The molecule has 1 heterocycles. The van der Waals surface area contributed by atoms with Crippen LogP contribution in [0, 0.1) is 5.41 Å². The topological polar surface area (TPSA) is 96.9 Å². The van der Waals surface area contributed by atoms with E-state index in [-0.39, 0.29) is 17.8 Å². The number of amides is 1. The van der Waals surface area contributed by atoms with Gasteiger partial charge in [-0.1, -0.05) is 5.16 Å². The van der Waals surface area contributed by atoms with Crippen LogP contribution in [0.5, 0.6) is 0 Å². The lowest BCUT2D eigenvalue weighted by Crippen LogP contribution is -2.47. The first-order valence-electron chi connectivity index (χ1n) is 5.36. The molecule has 1 aliphatic rings. The summed E-state index contributed by atoms with van der Waals surface area (Å²) in [4.78, 5) is 11.8. The van der Waals surface area contributed by atoms with Crippen LogP contribution in [0.2, 0.25) is 0 Å². The van der Waals surface area contributed by atoms with Gasteiger partial charge in [-0.2, -0.15) is 0 Å². The van der Waals surface area contributed by atoms with Crippen LogP contribution in [-0.2, 0) is 9.53 Å². The minimum absolute atomic E-state index is 0.0899. The SMILES string of the molecule is CC(C)(C(=O)NCC1CCCO1)C(N)=NO. The first kappa shape index (κ1) is 12.8. The zero-order valence-corrected chi connectivity index (χ0v) is 9.69. The van der Waals surface area contributed by atoms with Gasteiger partial charge in [0.1, 0.15) is 5.41 Å². The van der Waals surface area contributed by atoms with Crippen molar-refractivity contribution in [3.05, 3.63) is 0 Å².